The number of hydrogen-bond donors (Lipinski definition) is 1. The smallest absolute Gasteiger partial charge is 0.253 e. The molecule has 1 N–H and O–H groups in total. The van der Waals surface area contributed by atoms with Gasteiger partial charge in [0.25, 0.3) is 5.91 Å². The summed E-state index contributed by atoms with van der Waals surface area (Å²) in [6.07, 6.45) is 3.64. The fourth-order valence-electron chi connectivity index (χ4n) is 2.95. The number of carbonyl (C=O) groups excluding carboxylic acids is 1. The predicted octanol–water partition coefficient (Wildman–Crippen LogP) is 5.07. The van der Waals surface area contributed by atoms with Gasteiger partial charge in [0.05, 0.1) is 5.69 Å². The summed E-state index contributed by atoms with van der Waals surface area (Å²) < 4.78 is 0. The van der Waals surface area contributed by atoms with Crippen molar-refractivity contribution >= 4 is 17.4 Å². The Morgan fingerprint density at radius 1 is 1.07 bits per heavy atom. The van der Waals surface area contributed by atoms with Crippen molar-refractivity contribution in [2.45, 2.75) is 26.7 Å². The molecule has 3 rings (SSSR count). The lowest BCUT2D eigenvalue weighted by molar-refractivity contribution is 0.0793. The third-order valence-corrected chi connectivity index (χ3v) is 4.58. The molecule has 0 fully saturated rings. The first-order chi connectivity index (χ1) is 13.6. The number of anilines is 2. The first kappa shape index (κ1) is 19.5. The maximum absolute atomic E-state index is 12.4. The van der Waals surface area contributed by atoms with Crippen LogP contribution in [0.4, 0.5) is 11.5 Å². The average molecular weight is 374 g/mol. The van der Waals surface area contributed by atoms with Crippen LogP contribution in [-0.4, -0.2) is 34.4 Å². The van der Waals surface area contributed by atoms with Crippen LogP contribution in [-0.2, 0) is 0 Å². The molecule has 3 aromatic rings. The van der Waals surface area contributed by atoms with E-state index in [0.29, 0.717) is 11.4 Å². The number of benzene rings is 2. The first-order valence-corrected chi connectivity index (χ1v) is 9.58. The van der Waals surface area contributed by atoms with Crippen LogP contribution in [0.5, 0.6) is 0 Å². The maximum atomic E-state index is 12.4. The van der Waals surface area contributed by atoms with Crippen molar-refractivity contribution in [1.82, 2.24) is 14.9 Å². The lowest BCUT2D eigenvalue weighted by Crippen LogP contribution is -2.27. The lowest BCUT2D eigenvalue weighted by Gasteiger charge is -2.17. The van der Waals surface area contributed by atoms with Crippen LogP contribution in [0.2, 0.25) is 0 Å². The van der Waals surface area contributed by atoms with Crippen molar-refractivity contribution in [3.8, 4) is 11.3 Å². The standard InChI is InChI=1S/C23H26N4O/c1-4-5-13-27(3)23(28)18-9-11-20(12-10-18)26-22-15-21(24-16-25-22)19-8-6-7-17(2)14-19/h6-12,14-16H,4-5,13H2,1-3H3,(H,24,25,26). The van der Waals surface area contributed by atoms with Gasteiger partial charge in [0.1, 0.15) is 12.1 Å². The van der Waals surface area contributed by atoms with Crippen molar-refractivity contribution in [3.63, 3.8) is 0 Å². The maximum Gasteiger partial charge on any atom is 0.253 e. The Morgan fingerprint density at radius 3 is 2.57 bits per heavy atom. The highest BCUT2D eigenvalue weighted by Gasteiger charge is 2.11. The van der Waals surface area contributed by atoms with Crippen LogP contribution in [0.15, 0.2) is 60.9 Å². The lowest BCUT2D eigenvalue weighted by atomic mass is 10.1. The summed E-state index contributed by atoms with van der Waals surface area (Å²) >= 11 is 0. The number of nitrogens with zero attached hydrogens (tertiary/aromatic N) is 3. The first-order valence-electron chi connectivity index (χ1n) is 9.58. The molecule has 0 radical (unpaired) electrons. The number of carbonyl (C=O) groups is 1. The van der Waals surface area contributed by atoms with Crippen molar-refractivity contribution in [2.24, 2.45) is 0 Å². The van der Waals surface area contributed by atoms with Crippen LogP contribution >= 0.6 is 0 Å². The molecule has 28 heavy (non-hydrogen) atoms. The fourth-order valence-corrected chi connectivity index (χ4v) is 2.95. The van der Waals surface area contributed by atoms with Crippen LogP contribution in [0.1, 0.15) is 35.7 Å². The molecule has 0 saturated carbocycles. The van der Waals surface area contributed by atoms with E-state index < -0.39 is 0 Å². The number of unbranched alkanes of at least 4 members (excludes halogenated alkanes) is 1. The van der Waals surface area contributed by atoms with E-state index in [2.05, 4.69) is 41.3 Å². The number of aromatic nitrogens is 2. The minimum Gasteiger partial charge on any atom is -0.342 e. The zero-order chi connectivity index (χ0) is 19.9. The molecular formula is C23H26N4O. The summed E-state index contributed by atoms with van der Waals surface area (Å²) in [5.74, 6) is 0.759. The molecule has 5 heteroatoms. The second-order valence-electron chi connectivity index (χ2n) is 6.94. The molecule has 5 nitrogen and oxygen atoms in total. The highest BCUT2D eigenvalue weighted by atomic mass is 16.2. The SMILES string of the molecule is CCCCN(C)C(=O)c1ccc(Nc2cc(-c3cccc(C)c3)ncn2)cc1. The third kappa shape index (κ3) is 4.94. The molecule has 0 atom stereocenters. The Kier molecular flexibility index (Phi) is 6.37. The van der Waals surface area contributed by atoms with Crippen LogP contribution < -0.4 is 5.32 Å². The second kappa shape index (κ2) is 9.13. The Labute approximate surface area is 166 Å². The highest BCUT2D eigenvalue weighted by molar-refractivity contribution is 5.94. The summed E-state index contributed by atoms with van der Waals surface area (Å²) in [4.78, 5) is 22.9. The molecule has 2 aromatic carbocycles. The van der Waals surface area contributed by atoms with Gasteiger partial charge in [-0.05, 0) is 43.7 Å². The van der Waals surface area contributed by atoms with E-state index in [-0.39, 0.29) is 5.91 Å². The minimum absolute atomic E-state index is 0.0452. The van der Waals surface area contributed by atoms with Crippen molar-refractivity contribution in [2.75, 3.05) is 18.9 Å². The van der Waals surface area contributed by atoms with Gasteiger partial charge in [0, 0.05) is 36.5 Å². The third-order valence-electron chi connectivity index (χ3n) is 4.58. The van der Waals surface area contributed by atoms with E-state index >= 15 is 0 Å². The zero-order valence-corrected chi connectivity index (χ0v) is 16.6. The van der Waals surface area contributed by atoms with Gasteiger partial charge in [-0.2, -0.15) is 0 Å². The van der Waals surface area contributed by atoms with Gasteiger partial charge in [0.2, 0.25) is 0 Å². The van der Waals surface area contributed by atoms with E-state index in [1.165, 1.54) is 5.56 Å². The molecule has 1 amide bonds. The van der Waals surface area contributed by atoms with Gasteiger partial charge in [-0.15, -0.1) is 0 Å². The fraction of sp³-hybridized carbons (Fsp3) is 0.261. The van der Waals surface area contributed by atoms with E-state index in [0.717, 1.165) is 36.3 Å². The van der Waals surface area contributed by atoms with E-state index in [1.807, 2.05) is 49.5 Å². The second-order valence-corrected chi connectivity index (χ2v) is 6.94. The van der Waals surface area contributed by atoms with Gasteiger partial charge in [-0.1, -0.05) is 37.1 Å². The number of nitrogens with one attached hydrogen (secondary N) is 1. The van der Waals surface area contributed by atoms with E-state index in [9.17, 15) is 4.79 Å². The Hall–Kier alpha value is -3.21. The molecular weight excluding hydrogens is 348 g/mol. The van der Waals surface area contributed by atoms with Crippen LogP contribution in [0.25, 0.3) is 11.3 Å². The molecule has 0 bridgehead atoms. The van der Waals surface area contributed by atoms with Crippen molar-refractivity contribution in [1.29, 1.82) is 0 Å². The molecule has 0 aliphatic heterocycles. The van der Waals surface area contributed by atoms with Crippen molar-refractivity contribution in [3.05, 3.63) is 72.1 Å². The van der Waals surface area contributed by atoms with E-state index in [4.69, 9.17) is 0 Å². The number of amides is 1. The molecule has 0 aliphatic rings. The quantitative estimate of drug-likeness (QED) is 0.627. The largest absolute Gasteiger partial charge is 0.342 e. The monoisotopic (exact) mass is 374 g/mol. The molecule has 1 aromatic heterocycles. The van der Waals surface area contributed by atoms with E-state index in [1.54, 1.807) is 11.2 Å². The topological polar surface area (TPSA) is 58.1 Å². The molecule has 0 unspecified atom stereocenters. The summed E-state index contributed by atoms with van der Waals surface area (Å²) in [6, 6.07) is 17.6. The van der Waals surface area contributed by atoms with Gasteiger partial charge < -0.3 is 10.2 Å². The molecule has 0 aliphatic carbocycles. The van der Waals surface area contributed by atoms with Crippen LogP contribution in [0.3, 0.4) is 0 Å². The highest BCUT2D eigenvalue weighted by Crippen LogP contribution is 2.22. The average Bonchev–Trinajstić information content (AvgIpc) is 2.72. The number of rotatable bonds is 7. The summed E-state index contributed by atoms with van der Waals surface area (Å²) in [5.41, 5.74) is 4.68. The van der Waals surface area contributed by atoms with Gasteiger partial charge in [-0.3, -0.25) is 4.79 Å². The number of aryl methyl sites for hydroxylation is 1. The summed E-state index contributed by atoms with van der Waals surface area (Å²) in [6.45, 7) is 4.96. The minimum atomic E-state index is 0.0452. The van der Waals surface area contributed by atoms with Gasteiger partial charge >= 0.3 is 0 Å². The normalized spacial score (nSPS) is 10.5. The van der Waals surface area contributed by atoms with Crippen molar-refractivity contribution < 1.29 is 4.79 Å². The zero-order valence-electron chi connectivity index (χ0n) is 16.6. The number of hydrogen-bond acceptors (Lipinski definition) is 4. The van der Waals surface area contributed by atoms with Gasteiger partial charge in [0.15, 0.2) is 0 Å². The molecule has 1 heterocycles. The predicted molar refractivity (Wildman–Crippen MR) is 114 cm³/mol. The summed E-state index contributed by atoms with van der Waals surface area (Å²) in [7, 11) is 1.85. The molecule has 144 valence electrons. The molecule has 0 saturated heterocycles. The summed E-state index contributed by atoms with van der Waals surface area (Å²) in [5, 5.41) is 3.28. The van der Waals surface area contributed by atoms with Gasteiger partial charge in [-0.25, -0.2) is 9.97 Å². The Bertz CT molecular complexity index is 937. The molecule has 0 spiro atoms. The van der Waals surface area contributed by atoms with Crippen LogP contribution in [0, 0.1) is 6.92 Å². The Balaban J connectivity index is 1.71. The Morgan fingerprint density at radius 2 is 1.86 bits per heavy atom.